The number of hydrogen-bond donors (Lipinski definition) is 1. The molecule has 0 saturated carbocycles. The maximum Gasteiger partial charge on any atom is 0.313 e. The van der Waals surface area contributed by atoms with Crippen molar-refractivity contribution in [2.24, 2.45) is 0 Å². The quantitative estimate of drug-likeness (QED) is 0.776. The zero-order chi connectivity index (χ0) is 16.9. The average molecular weight is 325 g/mol. The van der Waals surface area contributed by atoms with Crippen LogP contribution in [-0.2, 0) is 0 Å². The summed E-state index contributed by atoms with van der Waals surface area (Å²) in [5.74, 6) is 1.09. The zero-order valence-electron chi connectivity index (χ0n) is 13.1. The number of benzene rings is 2. The number of amides is 1. The lowest BCUT2D eigenvalue weighted by molar-refractivity contribution is 0.0991. The topological polar surface area (TPSA) is 86.5 Å². The van der Waals surface area contributed by atoms with Crippen molar-refractivity contribution < 1.29 is 18.7 Å². The van der Waals surface area contributed by atoms with Crippen molar-refractivity contribution in [3.63, 3.8) is 0 Å². The van der Waals surface area contributed by atoms with Crippen LogP contribution in [0.5, 0.6) is 11.5 Å². The monoisotopic (exact) mass is 325 g/mol. The van der Waals surface area contributed by atoms with Gasteiger partial charge < -0.3 is 19.2 Å². The molecule has 0 fully saturated rings. The number of rotatable bonds is 5. The Hall–Kier alpha value is -3.35. The molecule has 1 heterocycles. The summed E-state index contributed by atoms with van der Waals surface area (Å²) >= 11 is 0. The van der Waals surface area contributed by atoms with E-state index < -0.39 is 5.91 Å². The number of aromatic nitrogens is 2. The molecule has 0 aliphatic rings. The lowest BCUT2D eigenvalue weighted by Crippen LogP contribution is -2.12. The van der Waals surface area contributed by atoms with Crippen molar-refractivity contribution in [2.45, 2.75) is 0 Å². The van der Waals surface area contributed by atoms with Crippen molar-refractivity contribution in [2.75, 3.05) is 19.5 Å². The molecule has 0 radical (unpaired) electrons. The van der Waals surface area contributed by atoms with Crippen LogP contribution in [-0.4, -0.2) is 30.3 Å². The summed E-state index contributed by atoms with van der Waals surface area (Å²) in [5, 5.41) is 10.4. The van der Waals surface area contributed by atoms with E-state index in [1.807, 2.05) is 0 Å². The van der Waals surface area contributed by atoms with Crippen molar-refractivity contribution in [3.05, 3.63) is 54.4 Å². The van der Waals surface area contributed by atoms with Crippen LogP contribution < -0.4 is 14.8 Å². The standard InChI is InChI=1S/C17H15N3O4/c1-22-13-7-3-11(4-8-13)16-19-20-17(24-16)15(21)18-12-5-9-14(23-2)10-6-12/h3-10H,1-2H3,(H,18,21). The van der Waals surface area contributed by atoms with E-state index in [0.717, 1.165) is 5.75 Å². The van der Waals surface area contributed by atoms with Gasteiger partial charge in [-0.15, -0.1) is 10.2 Å². The summed E-state index contributed by atoms with van der Waals surface area (Å²) < 4.78 is 15.6. The van der Waals surface area contributed by atoms with Gasteiger partial charge in [-0.1, -0.05) is 0 Å². The van der Waals surface area contributed by atoms with Gasteiger partial charge in [0.25, 0.3) is 0 Å². The van der Waals surface area contributed by atoms with Crippen molar-refractivity contribution >= 4 is 11.6 Å². The SMILES string of the molecule is COc1ccc(NC(=O)c2nnc(-c3ccc(OC)cc3)o2)cc1. The highest BCUT2D eigenvalue weighted by atomic mass is 16.5. The molecule has 1 amide bonds. The third-order valence-corrected chi connectivity index (χ3v) is 3.30. The van der Waals surface area contributed by atoms with Gasteiger partial charge in [0.2, 0.25) is 5.89 Å². The minimum absolute atomic E-state index is 0.114. The number of methoxy groups -OCH3 is 2. The Kier molecular flexibility index (Phi) is 4.42. The fraction of sp³-hybridized carbons (Fsp3) is 0.118. The van der Waals surface area contributed by atoms with E-state index in [1.54, 1.807) is 62.8 Å². The number of nitrogens with one attached hydrogen (secondary N) is 1. The summed E-state index contributed by atoms with van der Waals surface area (Å²) in [4.78, 5) is 12.2. The first-order valence-corrected chi connectivity index (χ1v) is 7.13. The Morgan fingerprint density at radius 3 is 2.08 bits per heavy atom. The number of ether oxygens (including phenoxy) is 2. The molecule has 24 heavy (non-hydrogen) atoms. The van der Waals surface area contributed by atoms with Crippen molar-refractivity contribution in [3.8, 4) is 23.0 Å². The molecule has 3 rings (SSSR count). The second-order valence-electron chi connectivity index (χ2n) is 4.82. The molecule has 0 atom stereocenters. The van der Waals surface area contributed by atoms with E-state index in [9.17, 15) is 4.79 Å². The minimum atomic E-state index is -0.479. The van der Waals surface area contributed by atoms with Gasteiger partial charge in [-0.25, -0.2) is 0 Å². The Bertz CT molecular complexity index is 826. The predicted octanol–water partition coefficient (Wildman–Crippen LogP) is 3.01. The Morgan fingerprint density at radius 1 is 0.917 bits per heavy atom. The molecule has 122 valence electrons. The van der Waals surface area contributed by atoms with Crippen LogP contribution in [0.25, 0.3) is 11.5 Å². The van der Waals surface area contributed by atoms with Crippen LogP contribution in [0.1, 0.15) is 10.7 Å². The molecule has 1 aromatic heterocycles. The molecule has 1 N–H and O–H groups in total. The van der Waals surface area contributed by atoms with Crippen LogP contribution in [0.2, 0.25) is 0 Å². The van der Waals surface area contributed by atoms with Crippen LogP contribution >= 0.6 is 0 Å². The van der Waals surface area contributed by atoms with Gasteiger partial charge in [-0.05, 0) is 48.5 Å². The number of hydrogen-bond acceptors (Lipinski definition) is 6. The highest BCUT2D eigenvalue weighted by Crippen LogP contribution is 2.21. The van der Waals surface area contributed by atoms with Gasteiger partial charge in [0.15, 0.2) is 0 Å². The van der Waals surface area contributed by atoms with Gasteiger partial charge in [-0.3, -0.25) is 4.79 Å². The van der Waals surface area contributed by atoms with E-state index in [-0.39, 0.29) is 11.8 Å². The van der Waals surface area contributed by atoms with Gasteiger partial charge >= 0.3 is 11.8 Å². The van der Waals surface area contributed by atoms with Crippen molar-refractivity contribution in [1.29, 1.82) is 0 Å². The molecule has 0 aliphatic carbocycles. The molecule has 7 nitrogen and oxygen atoms in total. The Labute approximate surface area is 138 Å². The van der Waals surface area contributed by atoms with Crippen LogP contribution in [0.15, 0.2) is 52.9 Å². The number of anilines is 1. The third kappa shape index (κ3) is 3.35. The van der Waals surface area contributed by atoms with E-state index in [1.165, 1.54) is 0 Å². The highest BCUT2D eigenvalue weighted by molar-refractivity contribution is 6.00. The maximum absolute atomic E-state index is 12.2. The van der Waals surface area contributed by atoms with E-state index >= 15 is 0 Å². The first kappa shape index (κ1) is 15.5. The highest BCUT2D eigenvalue weighted by Gasteiger charge is 2.16. The first-order chi connectivity index (χ1) is 11.7. The molecule has 0 unspecified atom stereocenters. The summed E-state index contributed by atoms with van der Waals surface area (Å²) in [7, 11) is 3.16. The van der Waals surface area contributed by atoms with Crippen LogP contribution in [0.3, 0.4) is 0 Å². The molecule has 0 aliphatic heterocycles. The lowest BCUT2D eigenvalue weighted by atomic mass is 10.2. The zero-order valence-corrected chi connectivity index (χ0v) is 13.1. The van der Waals surface area contributed by atoms with E-state index in [2.05, 4.69) is 15.5 Å². The molecule has 0 bridgehead atoms. The largest absolute Gasteiger partial charge is 0.497 e. The third-order valence-electron chi connectivity index (χ3n) is 3.30. The van der Waals surface area contributed by atoms with Crippen LogP contribution in [0, 0.1) is 0 Å². The van der Waals surface area contributed by atoms with E-state index in [0.29, 0.717) is 17.0 Å². The summed E-state index contributed by atoms with van der Waals surface area (Å²) in [6.45, 7) is 0. The number of carbonyl (C=O) groups excluding carboxylic acids is 1. The predicted molar refractivity (Wildman–Crippen MR) is 87.2 cm³/mol. The summed E-state index contributed by atoms with van der Waals surface area (Å²) in [6.07, 6.45) is 0. The minimum Gasteiger partial charge on any atom is -0.497 e. The van der Waals surface area contributed by atoms with E-state index in [4.69, 9.17) is 13.9 Å². The number of carbonyl (C=O) groups is 1. The number of nitrogens with zero attached hydrogens (tertiary/aromatic N) is 2. The molecule has 0 saturated heterocycles. The first-order valence-electron chi connectivity index (χ1n) is 7.13. The fourth-order valence-electron chi connectivity index (χ4n) is 2.02. The van der Waals surface area contributed by atoms with Crippen molar-refractivity contribution in [1.82, 2.24) is 10.2 Å². The second-order valence-corrected chi connectivity index (χ2v) is 4.82. The van der Waals surface area contributed by atoms with Gasteiger partial charge in [-0.2, -0.15) is 0 Å². The molecule has 0 spiro atoms. The molecular formula is C17H15N3O4. The van der Waals surface area contributed by atoms with Gasteiger partial charge in [0.05, 0.1) is 14.2 Å². The Morgan fingerprint density at radius 2 is 1.50 bits per heavy atom. The van der Waals surface area contributed by atoms with Gasteiger partial charge in [0, 0.05) is 11.3 Å². The Balaban J connectivity index is 1.72. The molecule has 2 aromatic carbocycles. The maximum atomic E-state index is 12.2. The van der Waals surface area contributed by atoms with Crippen LogP contribution in [0.4, 0.5) is 5.69 Å². The average Bonchev–Trinajstić information content (AvgIpc) is 3.13. The smallest absolute Gasteiger partial charge is 0.313 e. The molecule has 3 aromatic rings. The molecule has 7 heteroatoms. The summed E-state index contributed by atoms with van der Waals surface area (Å²) in [5.41, 5.74) is 1.30. The van der Waals surface area contributed by atoms with Gasteiger partial charge in [0.1, 0.15) is 11.5 Å². The normalized spacial score (nSPS) is 10.2. The molecular weight excluding hydrogens is 310 g/mol. The lowest BCUT2D eigenvalue weighted by Gasteiger charge is -2.03. The summed E-state index contributed by atoms with van der Waals surface area (Å²) in [6, 6.07) is 14.0. The second kappa shape index (κ2) is 6.82. The fourth-order valence-corrected chi connectivity index (χ4v) is 2.02.